The summed E-state index contributed by atoms with van der Waals surface area (Å²) in [5.41, 5.74) is 8.75. The Balaban J connectivity index is 1.67. The molecule has 0 atom stereocenters. The van der Waals surface area contributed by atoms with Crippen LogP contribution in [0.4, 0.5) is 11.6 Å². The van der Waals surface area contributed by atoms with E-state index in [1.165, 1.54) is 0 Å². The van der Waals surface area contributed by atoms with E-state index in [0.717, 1.165) is 66.1 Å². The molecular formula is C42H23N9. The van der Waals surface area contributed by atoms with Crippen LogP contribution in [0.1, 0.15) is 11.4 Å². The summed E-state index contributed by atoms with van der Waals surface area (Å²) in [4.78, 5) is 26.1. The fourth-order valence-electron chi connectivity index (χ4n) is 7.21. The van der Waals surface area contributed by atoms with Crippen LogP contribution in [-0.2, 0) is 0 Å². The van der Waals surface area contributed by atoms with E-state index < -0.39 is 0 Å². The van der Waals surface area contributed by atoms with Crippen LogP contribution in [0.2, 0.25) is 0 Å². The Bertz CT molecular complexity index is 3000. The molecule has 0 saturated heterocycles. The number of nitriles is 1. The van der Waals surface area contributed by atoms with E-state index in [2.05, 4.69) is 83.4 Å². The molecule has 51 heavy (non-hydrogen) atoms. The molecule has 5 aromatic carbocycles. The molecule has 0 saturated carbocycles. The highest BCUT2D eigenvalue weighted by Crippen LogP contribution is 2.51. The van der Waals surface area contributed by atoms with E-state index in [9.17, 15) is 5.26 Å². The maximum atomic E-state index is 10.2. The second-order valence-electron chi connectivity index (χ2n) is 12.0. The van der Waals surface area contributed by atoms with Gasteiger partial charge in [-0.3, -0.25) is 4.98 Å². The number of fused-ring (bicyclic) bond motifs is 6. The van der Waals surface area contributed by atoms with Crippen molar-refractivity contribution < 1.29 is 0 Å². The van der Waals surface area contributed by atoms with Crippen molar-refractivity contribution in [2.45, 2.75) is 6.92 Å². The van der Waals surface area contributed by atoms with Crippen molar-refractivity contribution in [3.63, 3.8) is 0 Å². The van der Waals surface area contributed by atoms with Crippen molar-refractivity contribution in [3.05, 3.63) is 156 Å². The molecule has 0 radical (unpaired) electrons. The minimum Gasteiger partial charge on any atom is -0.370 e. The highest BCUT2D eigenvalue weighted by Gasteiger charge is 2.31. The zero-order chi connectivity index (χ0) is 34.6. The van der Waals surface area contributed by atoms with Crippen LogP contribution < -0.4 is 0 Å². The first-order valence-corrected chi connectivity index (χ1v) is 16.1. The third kappa shape index (κ3) is 4.31. The lowest BCUT2D eigenvalue weighted by Gasteiger charge is -2.16. The molecule has 9 nitrogen and oxygen atoms in total. The molecule has 0 bridgehead atoms. The van der Waals surface area contributed by atoms with Gasteiger partial charge in [0, 0.05) is 38.5 Å². The van der Waals surface area contributed by atoms with Gasteiger partial charge >= 0.3 is 0 Å². The van der Waals surface area contributed by atoms with Gasteiger partial charge in [-0.25, -0.2) is 4.98 Å². The molecule has 0 aliphatic carbocycles. The van der Waals surface area contributed by atoms with Crippen LogP contribution in [0, 0.1) is 31.4 Å². The van der Waals surface area contributed by atoms with Crippen LogP contribution in [-0.4, -0.2) is 29.1 Å². The molecule has 0 amide bonds. The van der Waals surface area contributed by atoms with Gasteiger partial charge in [0.15, 0.2) is 11.9 Å². The number of aryl methyl sites for hydroxylation is 1. The van der Waals surface area contributed by atoms with Gasteiger partial charge in [0.05, 0.1) is 45.2 Å². The van der Waals surface area contributed by atoms with Crippen molar-refractivity contribution in [1.29, 1.82) is 5.26 Å². The molecule has 0 aliphatic rings. The molecule has 9 heteroatoms. The summed E-state index contributed by atoms with van der Waals surface area (Å²) >= 11 is 0. The van der Waals surface area contributed by atoms with E-state index >= 15 is 0 Å². The third-order valence-electron chi connectivity index (χ3n) is 9.27. The Labute approximate surface area is 291 Å². The van der Waals surface area contributed by atoms with Crippen LogP contribution >= 0.6 is 0 Å². The fourth-order valence-corrected chi connectivity index (χ4v) is 7.21. The second kappa shape index (κ2) is 11.5. The predicted molar refractivity (Wildman–Crippen MR) is 199 cm³/mol. The van der Waals surface area contributed by atoms with Crippen LogP contribution in [0.25, 0.3) is 87.2 Å². The Morgan fingerprint density at radius 1 is 0.588 bits per heavy atom. The average molecular weight is 654 g/mol. The Hall–Kier alpha value is -7.67. The molecule has 236 valence electrons. The highest BCUT2D eigenvalue weighted by atomic mass is 15.0. The largest absolute Gasteiger partial charge is 0.370 e. The van der Waals surface area contributed by atoms with Gasteiger partial charge in [0.1, 0.15) is 6.07 Å². The zero-order valence-corrected chi connectivity index (χ0v) is 27.1. The number of hydrogen-bond donors (Lipinski definition) is 0. The predicted octanol–water partition coefficient (Wildman–Crippen LogP) is 10.1. The lowest BCUT2D eigenvalue weighted by molar-refractivity contribution is 1.09. The molecule has 4 heterocycles. The summed E-state index contributed by atoms with van der Waals surface area (Å²) < 4.78 is 4.44. The summed E-state index contributed by atoms with van der Waals surface area (Å²) in [5, 5.41) is 13.8. The molecule has 0 spiro atoms. The van der Waals surface area contributed by atoms with Crippen LogP contribution in [0.5, 0.6) is 0 Å². The SMILES string of the molecule is [C-]#[N+]c1ncc(-c2c3c4ccccc4n(-c4ccccc4)c3c(-c3cnc(C)c(C#N)n3)c3c4ccccc4n(-c4ccccc4)c23)nc1[N+]#[C-]. The number of nitrogens with zero attached hydrogens (tertiary/aromatic N) is 9. The summed E-state index contributed by atoms with van der Waals surface area (Å²) in [5.74, 6) is -0.114. The Kier molecular flexibility index (Phi) is 6.64. The molecule has 0 fully saturated rings. The average Bonchev–Trinajstić information content (AvgIpc) is 3.71. The van der Waals surface area contributed by atoms with E-state index in [1.54, 1.807) is 19.3 Å². The second-order valence-corrected chi connectivity index (χ2v) is 12.0. The Morgan fingerprint density at radius 2 is 1.06 bits per heavy atom. The first-order chi connectivity index (χ1) is 25.1. The first kappa shape index (κ1) is 29.5. The summed E-state index contributed by atoms with van der Waals surface area (Å²) in [6.07, 6.45) is 3.34. The maximum Gasteiger partial charge on any atom is 0.294 e. The van der Waals surface area contributed by atoms with Crippen LogP contribution in [0.3, 0.4) is 0 Å². The highest BCUT2D eigenvalue weighted by molar-refractivity contribution is 6.32. The van der Waals surface area contributed by atoms with E-state index in [1.807, 2.05) is 60.7 Å². The van der Waals surface area contributed by atoms with Gasteiger partial charge in [-0.2, -0.15) is 5.26 Å². The molecule has 4 aromatic heterocycles. The van der Waals surface area contributed by atoms with E-state index in [4.69, 9.17) is 23.1 Å². The maximum absolute atomic E-state index is 10.2. The fraction of sp³-hybridized carbons (Fsp3) is 0.0238. The molecule has 0 N–H and O–H groups in total. The first-order valence-electron chi connectivity index (χ1n) is 16.1. The number of para-hydroxylation sites is 4. The number of benzene rings is 5. The summed E-state index contributed by atoms with van der Waals surface area (Å²) in [6, 6.07) is 38.9. The van der Waals surface area contributed by atoms with Crippen molar-refractivity contribution in [2.75, 3.05) is 0 Å². The quantitative estimate of drug-likeness (QED) is 0.176. The van der Waals surface area contributed by atoms with Gasteiger partial charge in [-0.05, 0) is 43.3 Å². The molecule has 0 unspecified atom stereocenters. The minimum absolute atomic E-state index is 0.0489. The van der Waals surface area contributed by atoms with Gasteiger partial charge < -0.3 is 18.8 Å². The smallest absolute Gasteiger partial charge is 0.294 e. The third-order valence-corrected chi connectivity index (χ3v) is 9.27. The van der Waals surface area contributed by atoms with Crippen molar-refractivity contribution in [1.82, 2.24) is 29.1 Å². The van der Waals surface area contributed by atoms with Gasteiger partial charge in [-0.1, -0.05) is 85.9 Å². The summed E-state index contributed by atoms with van der Waals surface area (Å²) in [6.45, 7) is 17.4. The standard InChI is InChI=1S/C42H23N9/c1-25-30(22-43)48-31(23-46-25)37-35-28-18-10-12-20-33(28)51(27-16-8-5-9-17-27)40(35)38(32-24-47-41(44-2)42(45-3)49-32)36-29-19-11-13-21-34(29)50(39(36)37)26-14-6-4-7-15-26/h4-21,23-24H,1H3. The van der Waals surface area contributed by atoms with Crippen molar-refractivity contribution in [3.8, 4) is 40.0 Å². The molecular weight excluding hydrogens is 631 g/mol. The van der Waals surface area contributed by atoms with Gasteiger partial charge in [-0.15, -0.1) is 9.97 Å². The Morgan fingerprint density at radius 3 is 1.57 bits per heavy atom. The number of aromatic nitrogens is 6. The van der Waals surface area contributed by atoms with Crippen LogP contribution in [0.15, 0.2) is 122 Å². The van der Waals surface area contributed by atoms with Gasteiger partial charge in [0.2, 0.25) is 5.69 Å². The minimum atomic E-state index is -0.0647. The number of hydrogen-bond acceptors (Lipinski definition) is 5. The zero-order valence-electron chi connectivity index (χ0n) is 27.1. The molecule has 9 rings (SSSR count). The molecule has 0 aliphatic heterocycles. The lowest BCUT2D eigenvalue weighted by atomic mass is 9.93. The van der Waals surface area contributed by atoms with E-state index in [-0.39, 0.29) is 17.3 Å². The lowest BCUT2D eigenvalue weighted by Crippen LogP contribution is -2.02. The van der Waals surface area contributed by atoms with Crippen molar-refractivity contribution >= 4 is 55.2 Å². The summed E-state index contributed by atoms with van der Waals surface area (Å²) in [7, 11) is 0. The monoisotopic (exact) mass is 653 g/mol. The van der Waals surface area contributed by atoms with E-state index in [0.29, 0.717) is 17.1 Å². The number of rotatable bonds is 4. The normalized spacial score (nSPS) is 11.2. The van der Waals surface area contributed by atoms with Crippen molar-refractivity contribution in [2.24, 2.45) is 0 Å². The molecule has 9 aromatic rings. The van der Waals surface area contributed by atoms with Gasteiger partial charge in [0.25, 0.3) is 11.6 Å². The topological polar surface area (TPSA) is 93.9 Å².